The van der Waals surface area contributed by atoms with E-state index in [1.54, 1.807) is 0 Å². The lowest BCUT2D eigenvalue weighted by Gasteiger charge is -2.28. The number of nitrogens with zero attached hydrogens (tertiary/aromatic N) is 1. The Hall–Kier alpha value is -2.84. The standard InChI is InChI=1S/C29H29NS/c1-17-12-13-22-23-14-15-30(7)26(28(23)31-27(22)18(17)2)24-16-25(29(4,5)6)21-11-9-8-10-20(21)19(24)3/h8-16H,7H2,1-6H3. The second-order valence-corrected chi connectivity index (χ2v) is 10.8. The first-order valence-electron chi connectivity index (χ1n) is 10.9. The summed E-state index contributed by atoms with van der Waals surface area (Å²) in [7, 11) is 0. The van der Waals surface area contributed by atoms with E-state index in [0.29, 0.717) is 0 Å². The van der Waals surface area contributed by atoms with Gasteiger partial charge in [0, 0.05) is 0 Å². The summed E-state index contributed by atoms with van der Waals surface area (Å²) in [5.74, 6) is 0. The van der Waals surface area contributed by atoms with Gasteiger partial charge in [-0.25, -0.2) is 0 Å². The summed E-state index contributed by atoms with van der Waals surface area (Å²) in [6, 6.07) is 17.0. The molecule has 0 fully saturated rings. The maximum absolute atomic E-state index is 4.39. The SMILES string of the molecule is C=[N+]1C=Cc2c([s+][c-]3c(C)c(C)ccc23)[C-]1c1cc(C(C)(C)C)c2ccccc2c1C. The Bertz CT molecular complexity index is 1410. The Kier molecular flexibility index (Phi) is 4.43. The number of aryl methyl sites for hydroxylation is 3. The number of thiophene rings is 1. The van der Waals surface area contributed by atoms with E-state index in [9.17, 15) is 0 Å². The van der Waals surface area contributed by atoms with Gasteiger partial charge in [0.15, 0.2) is 15.6 Å². The third-order valence-corrected chi connectivity index (χ3v) is 8.06. The lowest BCUT2D eigenvalue weighted by atomic mass is 9.79. The molecule has 1 aliphatic rings. The second-order valence-electron chi connectivity index (χ2n) is 9.76. The van der Waals surface area contributed by atoms with E-state index in [-0.39, 0.29) is 5.41 Å². The molecule has 2 heterocycles. The van der Waals surface area contributed by atoms with Gasteiger partial charge >= 0.3 is 0 Å². The Morgan fingerprint density at radius 2 is 1.68 bits per heavy atom. The molecule has 0 saturated carbocycles. The first-order chi connectivity index (χ1) is 14.7. The van der Waals surface area contributed by atoms with Crippen LogP contribution in [0.1, 0.15) is 59.0 Å². The van der Waals surface area contributed by atoms with E-state index in [4.69, 9.17) is 0 Å². The van der Waals surface area contributed by atoms with E-state index < -0.39 is 0 Å². The van der Waals surface area contributed by atoms with Crippen molar-refractivity contribution in [1.82, 2.24) is 0 Å². The molecular weight excluding hydrogens is 394 g/mol. The maximum Gasteiger partial charge on any atom is 0.197 e. The number of hydrogen-bond acceptors (Lipinski definition) is 0. The van der Waals surface area contributed by atoms with Crippen LogP contribution < -0.4 is 0 Å². The summed E-state index contributed by atoms with van der Waals surface area (Å²) in [4.78, 5) is 1.32. The lowest BCUT2D eigenvalue weighted by molar-refractivity contribution is -0.417. The van der Waals surface area contributed by atoms with Gasteiger partial charge in [-0.1, -0.05) is 87.0 Å². The van der Waals surface area contributed by atoms with Crippen LogP contribution in [0.25, 0.3) is 26.9 Å². The highest BCUT2D eigenvalue weighted by Crippen LogP contribution is 2.46. The van der Waals surface area contributed by atoms with Crippen LogP contribution in [-0.4, -0.2) is 11.3 Å². The third kappa shape index (κ3) is 2.96. The molecule has 156 valence electrons. The molecule has 0 aliphatic carbocycles. The average Bonchev–Trinajstić information content (AvgIpc) is 3.10. The minimum absolute atomic E-state index is 0.0514. The van der Waals surface area contributed by atoms with Gasteiger partial charge in [0.1, 0.15) is 17.5 Å². The van der Waals surface area contributed by atoms with Crippen molar-refractivity contribution < 1.29 is 4.58 Å². The largest absolute Gasteiger partial charge is 0.257 e. The molecule has 31 heavy (non-hydrogen) atoms. The third-order valence-electron chi connectivity index (χ3n) is 6.72. The molecule has 0 saturated heterocycles. The zero-order valence-corrected chi connectivity index (χ0v) is 20.1. The zero-order chi connectivity index (χ0) is 22.1. The Balaban J connectivity index is 1.84. The van der Waals surface area contributed by atoms with Crippen LogP contribution in [0.3, 0.4) is 0 Å². The number of fused-ring (bicyclic) bond motifs is 4. The van der Waals surface area contributed by atoms with Crippen LogP contribution in [0.5, 0.6) is 0 Å². The number of rotatable bonds is 1. The Morgan fingerprint density at radius 3 is 2.39 bits per heavy atom. The van der Waals surface area contributed by atoms with Gasteiger partial charge < -0.3 is 0 Å². The minimum Gasteiger partial charge on any atom is -0.257 e. The smallest absolute Gasteiger partial charge is 0.197 e. The van der Waals surface area contributed by atoms with Crippen LogP contribution in [0, 0.1) is 26.8 Å². The van der Waals surface area contributed by atoms with Crippen molar-refractivity contribution in [2.75, 3.05) is 0 Å². The zero-order valence-electron chi connectivity index (χ0n) is 19.3. The van der Waals surface area contributed by atoms with Crippen molar-refractivity contribution in [3.05, 3.63) is 93.0 Å². The predicted octanol–water partition coefficient (Wildman–Crippen LogP) is 7.90. The summed E-state index contributed by atoms with van der Waals surface area (Å²) < 4.78 is 3.45. The molecule has 1 aliphatic heterocycles. The summed E-state index contributed by atoms with van der Waals surface area (Å²) >= 11 is 1.90. The predicted molar refractivity (Wildman–Crippen MR) is 137 cm³/mol. The Labute approximate surface area is 189 Å². The van der Waals surface area contributed by atoms with Crippen molar-refractivity contribution in [2.24, 2.45) is 0 Å². The van der Waals surface area contributed by atoms with Crippen molar-refractivity contribution in [3.63, 3.8) is 0 Å². The van der Waals surface area contributed by atoms with Crippen LogP contribution in [0.15, 0.2) is 48.7 Å². The van der Waals surface area contributed by atoms with Gasteiger partial charge in [-0.3, -0.25) is 4.58 Å². The highest BCUT2D eigenvalue weighted by molar-refractivity contribution is 7.20. The van der Waals surface area contributed by atoms with E-state index in [0.717, 1.165) is 0 Å². The van der Waals surface area contributed by atoms with Crippen molar-refractivity contribution in [3.8, 4) is 0 Å². The van der Waals surface area contributed by atoms with E-state index in [1.807, 2.05) is 11.3 Å². The average molecular weight is 424 g/mol. The van der Waals surface area contributed by atoms with Gasteiger partial charge in [0.05, 0.1) is 6.72 Å². The quantitative estimate of drug-likeness (QED) is 0.166. The fourth-order valence-electron chi connectivity index (χ4n) is 4.79. The molecule has 5 rings (SSSR count). The van der Waals surface area contributed by atoms with E-state index in [2.05, 4.69) is 108 Å². The molecule has 3 aromatic carbocycles. The minimum atomic E-state index is 0.0514. The van der Waals surface area contributed by atoms with Crippen LogP contribution >= 0.6 is 11.3 Å². The van der Waals surface area contributed by atoms with Crippen molar-refractivity contribution in [1.29, 1.82) is 0 Å². The van der Waals surface area contributed by atoms with E-state index >= 15 is 0 Å². The van der Waals surface area contributed by atoms with Gasteiger partial charge in [0.2, 0.25) is 0 Å². The second kappa shape index (κ2) is 6.83. The van der Waals surface area contributed by atoms with Gasteiger partial charge in [0.25, 0.3) is 0 Å². The van der Waals surface area contributed by atoms with E-state index in [1.165, 1.54) is 65.2 Å². The van der Waals surface area contributed by atoms with Crippen LogP contribution in [-0.2, 0) is 5.41 Å². The fraction of sp³-hybridized carbons (Fsp3) is 0.241. The lowest BCUT2D eigenvalue weighted by Crippen LogP contribution is -2.20. The highest BCUT2D eigenvalue weighted by Gasteiger charge is 2.34. The first kappa shape index (κ1) is 20.1. The highest BCUT2D eigenvalue weighted by atomic mass is 32.1. The van der Waals surface area contributed by atoms with Gasteiger partial charge in [-0.15, -0.1) is 17.7 Å². The molecule has 2 heteroatoms. The molecule has 1 nitrogen and oxygen atoms in total. The maximum atomic E-state index is 4.39. The number of hydrogen-bond donors (Lipinski definition) is 0. The summed E-state index contributed by atoms with van der Waals surface area (Å²) in [5, 5.41) is 4.02. The number of benzene rings is 3. The summed E-state index contributed by atoms with van der Waals surface area (Å²) in [5.41, 5.74) is 8.09. The Morgan fingerprint density at radius 1 is 0.968 bits per heavy atom. The first-order valence-corrected chi connectivity index (χ1v) is 11.7. The van der Waals surface area contributed by atoms with Crippen LogP contribution in [0.2, 0.25) is 0 Å². The molecule has 0 N–H and O–H groups in total. The molecular formula is C29H29NS. The van der Waals surface area contributed by atoms with Gasteiger partial charge in [-0.2, -0.15) is 0 Å². The van der Waals surface area contributed by atoms with Crippen LogP contribution in [0.4, 0.5) is 0 Å². The molecule has 0 amide bonds. The fourth-order valence-corrected chi connectivity index (χ4v) is 6.21. The molecule has 4 aromatic rings. The van der Waals surface area contributed by atoms with Crippen molar-refractivity contribution >= 4 is 45.0 Å². The van der Waals surface area contributed by atoms with Gasteiger partial charge in [-0.05, 0) is 40.3 Å². The molecule has 0 spiro atoms. The summed E-state index contributed by atoms with van der Waals surface area (Å²) in [6.07, 6.45) is 4.34. The molecule has 0 radical (unpaired) electrons. The molecule has 0 unspecified atom stereocenters. The monoisotopic (exact) mass is 423 g/mol. The molecule has 1 aromatic heterocycles. The topological polar surface area (TPSA) is 3.01 Å². The summed E-state index contributed by atoms with van der Waals surface area (Å²) in [6.45, 7) is 18.0. The molecule has 0 atom stereocenters. The van der Waals surface area contributed by atoms with Crippen molar-refractivity contribution in [2.45, 2.75) is 47.0 Å². The normalized spacial score (nSPS) is 14.0. The molecule has 0 bridgehead atoms.